The van der Waals surface area contributed by atoms with Gasteiger partial charge in [-0.1, -0.05) is 38.3 Å². The van der Waals surface area contributed by atoms with E-state index in [9.17, 15) is 5.11 Å². The van der Waals surface area contributed by atoms with Gasteiger partial charge in [0.05, 0.1) is 12.2 Å². The Labute approximate surface area is 124 Å². The van der Waals surface area contributed by atoms with E-state index in [4.69, 9.17) is 0 Å². The Morgan fingerprint density at radius 3 is 2.90 bits per heavy atom. The summed E-state index contributed by atoms with van der Waals surface area (Å²) in [5.41, 5.74) is 2.56. The number of anilines is 1. The predicted molar refractivity (Wildman–Crippen MR) is 85.6 cm³/mol. The van der Waals surface area contributed by atoms with Crippen molar-refractivity contribution in [2.24, 2.45) is 0 Å². The first kappa shape index (κ1) is 14.8. The van der Waals surface area contributed by atoms with Crippen LogP contribution in [-0.2, 0) is 0 Å². The number of hydrogen-bond donors (Lipinski definition) is 2. The Bertz CT molecular complexity index is 700. The molecular weight excluding hydrogens is 264 g/mol. The van der Waals surface area contributed by atoms with E-state index in [2.05, 4.69) is 35.5 Å². The lowest BCUT2D eigenvalue weighted by Crippen LogP contribution is -2.21. The Morgan fingerprint density at radius 1 is 1.52 bits per heavy atom. The molecule has 0 amide bonds. The van der Waals surface area contributed by atoms with Crippen LogP contribution in [0.3, 0.4) is 0 Å². The molecule has 0 saturated heterocycles. The maximum absolute atomic E-state index is 9.84. The molecule has 2 heterocycles. The lowest BCUT2D eigenvalue weighted by Gasteiger charge is -2.19. The van der Waals surface area contributed by atoms with Crippen molar-refractivity contribution in [2.75, 3.05) is 5.32 Å². The normalized spacial score (nSPS) is 13.1. The van der Waals surface area contributed by atoms with Gasteiger partial charge in [-0.2, -0.15) is 5.10 Å². The summed E-state index contributed by atoms with van der Waals surface area (Å²) in [6, 6.07) is 0.0654. The molecule has 0 spiro atoms. The molecule has 0 unspecified atom stereocenters. The number of nitrogens with zero attached hydrogens (tertiary/aromatic N) is 3. The van der Waals surface area contributed by atoms with Gasteiger partial charge in [0.1, 0.15) is 17.6 Å². The maximum atomic E-state index is 9.84. The van der Waals surface area contributed by atoms with Crippen molar-refractivity contribution in [2.45, 2.75) is 26.3 Å². The van der Waals surface area contributed by atoms with Crippen molar-refractivity contribution < 1.29 is 5.11 Å². The molecule has 1 atom stereocenters. The highest BCUT2D eigenvalue weighted by atomic mass is 16.3. The molecule has 2 aromatic heterocycles. The topological polar surface area (TPSA) is 62.5 Å². The summed E-state index contributed by atoms with van der Waals surface area (Å²) >= 11 is 0. The number of allylic oxidation sites excluding steroid dienone is 2. The largest absolute Gasteiger partial charge is 0.506 e. The van der Waals surface area contributed by atoms with E-state index in [1.807, 2.05) is 19.1 Å². The average Bonchev–Trinajstić information content (AvgIpc) is 2.78. The molecule has 2 N–H and O–H groups in total. The van der Waals surface area contributed by atoms with E-state index in [0.29, 0.717) is 5.82 Å². The minimum Gasteiger partial charge on any atom is -0.506 e. The van der Waals surface area contributed by atoms with Crippen LogP contribution in [0.2, 0.25) is 0 Å². The minimum absolute atomic E-state index is 0.0654. The maximum Gasteiger partial charge on any atom is 0.154 e. The summed E-state index contributed by atoms with van der Waals surface area (Å²) in [7, 11) is 0. The molecule has 2 rings (SSSR count). The number of aromatic nitrogens is 3. The molecule has 5 heteroatoms. The summed E-state index contributed by atoms with van der Waals surface area (Å²) in [5, 5.41) is 17.3. The fourth-order valence-electron chi connectivity index (χ4n) is 2.30. The van der Waals surface area contributed by atoms with Crippen LogP contribution >= 0.6 is 0 Å². The highest BCUT2D eigenvalue weighted by Gasteiger charge is 2.16. The fraction of sp³-hybridized carbons (Fsp3) is 0.250. The second kappa shape index (κ2) is 6.26. The Kier molecular flexibility index (Phi) is 4.42. The van der Waals surface area contributed by atoms with E-state index in [1.165, 1.54) is 6.33 Å². The van der Waals surface area contributed by atoms with Crippen molar-refractivity contribution in [3.05, 3.63) is 55.0 Å². The number of fused-ring (bicyclic) bond motifs is 1. The van der Waals surface area contributed by atoms with Gasteiger partial charge >= 0.3 is 0 Å². The van der Waals surface area contributed by atoms with Crippen molar-refractivity contribution in [1.82, 2.24) is 14.6 Å². The number of nitrogens with one attached hydrogen (secondary N) is 1. The molecule has 21 heavy (non-hydrogen) atoms. The van der Waals surface area contributed by atoms with Crippen LogP contribution in [0.15, 0.2) is 49.5 Å². The van der Waals surface area contributed by atoms with E-state index in [-0.39, 0.29) is 11.8 Å². The number of hydrogen-bond acceptors (Lipinski definition) is 4. The van der Waals surface area contributed by atoms with Gasteiger partial charge < -0.3 is 10.4 Å². The zero-order chi connectivity index (χ0) is 15.4. The molecular formula is C16H20N4O. The summed E-state index contributed by atoms with van der Waals surface area (Å²) in [6.45, 7) is 11.5. The van der Waals surface area contributed by atoms with E-state index >= 15 is 0 Å². The Morgan fingerprint density at radius 2 is 2.29 bits per heavy atom. The molecule has 0 bridgehead atoms. The quantitative estimate of drug-likeness (QED) is 0.799. The second-order valence-corrected chi connectivity index (χ2v) is 4.75. The van der Waals surface area contributed by atoms with Gasteiger partial charge in [0, 0.05) is 5.56 Å². The zero-order valence-electron chi connectivity index (χ0n) is 12.4. The molecule has 0 fully saturated rings. The fourth-order valence-corrected chi connectivity index (χ4v) is 2.30. The lowest BCUT2D eigenvalue weighted by molar-refractivity contribution is 0.471. The smallest absolute Gasteiger partial charge is 0.154 e. The average molecular weight is 284 g/mol. The molecule has 2 aromatic rings. The van der Waals surface area contributed by atoms with Crippen LogP contribution in [-0.4, -0.2) is 25.7 Å². The molecule has 0 aliphatic heterocycles. The number of aromatic hydroxyl groups is 1. The van der Waals surface area contributed by atoms with Crippen molar-refractivity contribution in [1.29, 1.82) is 0 Å². The van der Waals surface area contributed by atoms with Gasteiger partial charge in [-0.15, -0.1) is 0 Å². The number of rotatable bonds is 6. The van der Waals surface area contributed by atoms with Crippen LogP contribution in [0.25, 0.3) is 5.52 Å². The Hall–Kier alpha value is -2.56. The van der Waals surface area contributed by atoms with Crippen LogP contribution in [0.4, 0.5) is 5.82 Å². The van der Waals surface area contributed by atoms with E-state index in [0.717, 1.165) is 23.1 Å². The summed E-state index contributed by atoms with van der Waals surface area (Å²) < 4.78 is 1.62. The van der Waals surface area contributed by atoms with Crippen LogP contribution in [0, 0.1) is 6.92 Å². The summed E-state index contributed by atoms with van der Waals surface area (Å²) in [6.07, 6.45) is 9.38. The van der Waals surface area contributed by atoms with E-state index < -0.39 is 0 Å². The third-order valence-electron chi connectivity index (χ3n) is 3.47. The molecule has 0 radical (unpaired) electrons. The first-order valence-electron chi connectivity index (χ1n) is 6.85. The third kappa shape index (κ3) is 2.81. The van der Waals surface area contributed by atoms with Gasteiger partial charge in [-0.3, -0.25) is 0 Å². The van der Waals surface area contributed by atoms with Gasteiger partial charge in [0.2, 0.25) is 0 Å². The molecule has 0 saturated carbocycles. The summed E-state index contributed by atoms with van der Waals surface area (Å²) in [4.78, 5) is 4.30. The zero-order valence-corrected chi connectivity index (χ0v) is 12.4. The Balaban J connectivity index is 2.44. The molecule has 0 aliphatic carbocycles. The lowest BCUT2D eigenvalue weighted by atomic mass is 10.0. The van der Waals surface area contributed by atoms with E-state index in [1.54, 1.807) is 16.8 Å². The SMILES string of the molecule is C=C/C=C(\C=C)[C@@H](CC)Nc1ncnn2cc(O)c(C)c12. The van der Waals surface area contributed by atoms with Crippen molar-refractivity contribution in [3.63, 3.8) is 0 Å². The molecule has 110 valence electrons. The van der Waals surface area contributed by atoms with Gasteiger partial charge in [0.15, 0.2) is 5.82 Å². The highest BCUT2D eigenvalue weighted by molar-refractivity contribution is 5.75. The van der Waals surface area contributed by atoms with Crippen molar-refractivity contribution in [3.8, 4) is 5.75 Å². The van der Waals surface area contributed by atoms with Gasteiger partial charge in [-0.25, -0.2) is 9.50 Å². The predicted octanol–water partition coefficient (Wildman–Crippen LogP) is 3.23. The highest BCUT2D eigenvalue weighted by Crippen LogP contribution is 2.28. The van der Waals surface area contributed by atoms with Crippen LogP contribution in [0.1, 0.15) is 18.9 Å². The monoisotopic (exact) mass is 284 g/mol. The van der Waals surface area contributed by atoms with Crippen LogP contribution in [0.5, 0.6) is 5.75 Å². The van der Waals surface area contributed by atoms with Gasteiger partial charge in [-0.05, 0) is 18.9 Å². The summed E-state index contributed by atoms with van der Waals surface area (Å²) in [5.74, 6) is 0.892. The molecule has 0 aliphatic rings. The van der Waals surface area contributed by atoms with Crippen molar-refractivity contribution >= 4 is 11.3 Å². The van der Waals surface area contributed by atoms with Gasteiger partial charge in [0.25, 0.3) is 0 Å². The number of aryl methyl sites for hydroxylation is 1. The first-order valence-corrected chi connectivity index (χ1v) is 6.85. The molecule has 0 aromatic carbocycles. The first-order chi connectivity index (χ1) is 10.1. The standard InChI is InChI=1S/C16H20N4O/c1-5-8-12(6-2)13(7-3)19-16-15-11(4)14(21)9-20(15)18-10-17-16/h5-6,8-10,13,21H,1-2,7H2,3-4H3,(H,17,18,19)/b12-8+/t13-/m1/s1. The molecule has 5 nitrogen and oxygen atoms in total. The third-order valence-corrected chi connectivity index (χ3v) is 3.47. The minimum atomic E-state index is 0.0654. The second-order valence-electron chi connectivity index (χ2n) is 4.75. The van der Waals surface area contributed by atoms with Crippen LogP contribution < -0.4 is 5.32 Å².